The molecular weight excluding hydrogens is 294 g/mol. The molecule has 0 amide bonds. The largest absolute Gasteiger partial charge is 0.323 e. The zero-order valence-electron chi connectivity index (χ0n) is 9.50. The third-order valence-electron chi connectivity index (χ3n) is 3.19. The number of hydrogen-bond donors (Lipinski definition) is 0. The Morgan fingerprint density at radius 3 is 3.00 bits per heavy atom. The number of hydrogen-bond acceptors (Lipinski definition) is 2. The Morgan fingerprint density at radius 2 is 2.33 bits per heavy atom. The van der Waals surface area contributed by atoms with E-state index in [9.17, 15) is 4.39 Å². The summed E-state index contributed by atoms with van der Waals surface area (Å²) in [5.74, 6) is 2.87. The second-order valence-electron chi connectivity index (χ2n) is 4.30. The van der Waals surface area contributed by atoms with Gasteiger partial charge in [0.05, 0.1) is 21.9 Å². The van der Waals surface area contributed by atoms with Gasteiger partial charge in [0.15, 0.2) is 0 Å². The summed E-state index contributed by atoms with van der Waals surface area (Å²) in [6.45, 7) is 0. The van der Waals surface area contributed by atoms with E-state index in [1.165, 1.54) is 6.07 Å². The molecule has 1 aliphatic heterocycles. The number of rotatable bonds is 2. The number of aromatic nitrogens is 2. The molecule has 0 aliphatic carbocycles. The maximum absolute atomic E-state index is 13.6. The molecule has 2 heterocycles. The zero-order chi connectivity index (χ0) is 12.7. The fraction of sp³-hybridized carbons (Fsp3) is 0.417. The van der Waals surface area contributed by atoms with Crippen LogP contribution in [0, 0.1) is 5.82 Å². The van der Waals surface area contributed by atoms with Crippen molar-refractivity contribution in [1.29, 1.82) is 0 Å². The number of alkyl halides is 1. The summed E-state index contributed by atoms with van der Waals surface area (Å²) in [6, 6.07) is 3.39. The monoisotopic (exact) mass is 304 g/mol. The molecule has 1 aromatic heterocycles. The summed E-state index contributed by atoms with van der Waals surface area (Å²) in [5.41, 5.74) is 1.51. The number of imidazole rings is 1. The number of halogens is 3. The predicted octanol–water partition coefficient (Wildman–Crippen LogP) is 4.25. The van der Waals surface area contributed by atoms with E-state index >= 15 is 0 Å². The van der Waals surface area contributed by atoms with Gasteiger partial charge in [0.25, 0.3) is 0 Å². The van der Waals surface area contributed by atoms with Gasteiger partial charge in [0, 0.05) is 17.9 Å². The highest BCUT2D eigenvalue weighted by atomic mass is 35.5. The van der Waals surface area contributed by atoms with E-state index in [0.717, 1.165) is 29.3 Å². The average molecular weight is 305 g/mol. The quantitative estimate of drug-likeness (QED) is 0.772. The van der Waals surface area contributed by atoms with E-state index in [4.69, 9.17) is 23.2 Å². The molecule has 96 valence electrons. The molecule has 0 radical (unpaired) electrons. The van der Waals surface area contributed by atoms with Crippen LogP contribution in [0.4, 0.5) is 4.39 Å². The molecule has 0 bridgehead atoms. The molecule has 6 heteroatoms. The van der Waals surface area contributed by atoms with Crippen molar-refractivity contribution in [1.82, 2.24) is 9.55 Å². The van der Waals surface area contributed by atoms with E-state index in [1.54, 1.807) is 6.07 Å². The van der Waals surface area contributed by atoms with Crippen LogP contribution in [0.3, 0.4) is 0 Å². The van der Waals surface area contributed by atoms with E-state index in [1.807, 2.05) is 11.8 Å². The van der Waals surface area contributed by atoms with Gasteiger partial charge in [-0.2, -0.15) is 11.8 Å². The molecule has 2 nitrogen and oxygen atoms in total. The molecule has 1 saturated heterocycles. The van der Waals surface area contributed by atoms with Crippen molar-refractivity contribution in [3.63, 3.8) is 0 Å². The highest BCUT2D eigenvalue weighted by molar-refractivity contribution is 7.99. The minimum Gasteiger partial charge on any atom is -0.323 e. The molecule has 1 atom stereocenters. The Hall–Kier alpha value is -0.450. The lowest BCUT2D eigenvalue weighted by molar-refractivity contribution is 0.556. The maximum Gasteiger partial charge on any atom is 0.144 e. The first-order chi connectivity index (χ1) is 8.70. The summed E-state index contributed by atoms with van der Waals surface area (Å²) >= 11 is 13.6. The minimum absolute atomic E-state index is 0.106. The van der Waals surface area contributed by atoms with Crippen LogP contribution in [-0.4, -0.2) is 21.1 Å². The topological polar surface area (TPSA) is 17.8 Å². The summed E-state index contributed by atoms with van der Waals surface area (Å²) in [4.78, 5) is 4.45. The number of fused-ring (bicyclic) bond motifs is 1. The van der Waals surface area contributed by atoms with E-state index in [-0.39, 0.29) is 5.02 Å². The lowest BCUT2D eigenvalue weighted by Crippen LogP contribution is -2.10. The molecule has 3 rings (SSSR count). The van der Waals surface area contributed by atoms with Crippen LogP contribution in [0.15, 0.2) is 12.1 Å². The van der Waals surface area contributed by atoms with Crippen molar-refractivity contribution in [2.45, 2.75) is 18.3 Å². The molecule has 2 aromatic rings. The fourth-order valence-electron chi connectivity index (χ4n) is 2.37. The first kappa shape index (κ1) is 12.6. The molecule has 0 N–H and O–H groups in total. The van der Waals surface area contributed by atoms with Gasteiger partial charge in [-0.1, -0.05) is 11.6 Å². The molecule has 0 spiro atoms. The van der Waals surface area contributed by atoms with Crippen LogP contribution in [0.25, 0.3) is 11.0 Å². The van der Waals surface area contributed by atoms with Crippen molar-refractivity contribution in [2.75, 3.05) is 11.5 Å². The molecule has 1 aromatic carbocycles. The van der Waals surface area contributed by atoms with Crippen molar-refractivity contribution < 1.29 is 4.39 Å². The summed E-state index contributed by atoms with van der Waals surface area (Å²) in [5, 5.41) is 0.106. The Morgan fingerprint density at radius 1 is 1.50 bits per heavy atom. The van der Waals surface area contributed by atoms with Crippen molar-refractivity contribution in [3.8, 4) is 0 Å². The van der Waals surface area contributed by atoms with E-state index in [0.29, 0.717) is 17.4 Å². The van der Waals surface area contributed by atoms with E-state index in [2.05, 4.69) is 9.55 Å². The van der Waals surface area contributed by atoms with Gasteiger partial charge >= 0.3 is 0 Å². The second-order valence-corrected chi connectivity index (χ2v) is 6.13. The molecule has 0 saturated carbocycles. The Labute approximate surface area is 118 Å². The predicted molar refractivity (Wildman–Crippen MR) is 75.2 cm³/mol. The SMILES string of the molecule is Fc1cc2c(cc1Cl)nc(CCl)n2C1CCSC1. The van der Waals surface area contributed by atoms with E-state index < -0.39 is 5.82 Å². The van der Waals surface area contributed by atoms with Crippen LogP contribution in [0.1, 0.15) is 18.3 Å². The Kier molecular flexibility index (Phi) is 3.43. The van der Waals surface area contributed by atoms with Gasteiger partial charge in [-0.3, -0.25) is 0 Å². The van der Waals surface area contributed by atoms with Gasteiger partial charge in [-0.05, 0) is 18.2 Å². The molecule has 1 aliphatic rings. The van der Waals surface area contributed by atoms with Crippen molar-refractivity contribution in [3.05, 3.63) is 28.8 Å². The summed E-state index contributed by atoms with van der Waals surface area (Å²) in [6.07, 6.45) is 1.07. The maximum atomic E-state index is 13.6. The summed E-state index contributed by atoms with van der Waals surface area (Å²) < 4.78 is 15.7. The Balaban J connectivity index is 2.23. The standard InChI is InChI=1S/C12H11Cl2FN2S/c13-5-12-16-10-3-8(14)9(15)4-11(10)17(12)7-1-2-18-6-7/h3-4,7H,1-2,5-6H2. The second kappa shape index (κ2) is 4.91. The van der Waals surface area contributed by atoms with Crippen molar-refractivity contribution >= 4 is 46.0 Å². The Bertz CT molecular complexity index is 593. The van der Waals surface area contributed by atoms with Gasteiger partial charge in [0.1, 0.15) is 11.6 Å². The smallest absolute Gasteiger partial charge is 0.144 e. The van der Waals surface area contributed by atoms with Gasteiger partial charge < -0.3 is 4.57 Å². The van der Waals surface area contributed by atoms with Crippen LogP contribution in [-0.2, 0) is 5.88 Å². The molecular formula is C12H11Cl2FN2S. The molecule has 1 fully saturated rings. The lowest BCUT2D eigenvalue weighted by atomic mass is 10.2. The summed E-state index contributed by atoms with van der Waals surface area (Å²) in [7, 11) is 0. The number of nitrogens with zero attached hydrogens (tertiary/aromatic N) is 2. The molecule has 1 unspecified atom stereocenters. The normalized spacial score (nSPS) is 19.8. The third kappa shape index (κ3) is 2.00. The van der Waals surface area contributed by atoms with Crippen LogP contribution >= 0.6 is 35.0 Å². The van der Waals surface area contributed by atoms with Crippen molar-refractivity contribution in [2.24, 2.45) is 0 Å². The first-order valence-corrected chi connectivity index (χ1v) is 7.77. The van der Waals surface area contributed by atoms with Gasteiger partial charge in [0.2, 0.25) is 0 Å². The highest BCUT2D eigenvalue weighted by Gasteiger charge is 2.23. The number of thioether (sulfide) groups is 1. The van der Waals surface area contributed by atoms with Crippen LogP contribution < -0.4 is 0 Å². The van der Waals surface area contributed by atoms with Crippen LogP contribution in [0.5, 0.6) is 0 Å². The fourth-order valence-corrected chi connectivity index (χ4v) is 3.91. The average Bonchev–Trinajstić information content (AvgIpc) is 2.96. The minimum atomic E-state index is -0.405. The number of benzene rings is 1. The zero-order valence-corrected chi connectivity index (χ0v) is 11.8. The molecule has 18 heavy (non-hydrogen) atoms. The third-order valence-corrected chi connectivity index (χ3v) is 4.87. The first-order valence-electron chi connectivity index (χ1n) is 5.70. The van der Waals surface area contributed by atoms with Crippen LogP contribution in [0.2, 0.25) is 5.02 Å². The van der Waals surface area contributed by atoms with Gasteiger partial charge in [-0.25, -0.2) is 9.37 Å². The highest BCUT2D eigenvalue weighted by Crippen LogP contribution is 2.34. The lowest BCUT2D eigenvalue weighted by Gasteiger charge is -2.14. The van der Waals surface area contributed by atoms with Gasteiger partial charge in [-0.15, -0.1) is 11.6 Å².